The molecular weight excluding hydrogens is 254 g/mol. The second-order valence-electron chi connectivity index (χ2n) is 4.60. The summed E-state index contributed by atoms with van der Waals surface area (Å²) in [5.41, 5.74) is 2.13. The molecule has 0 amide bonds. The normalized spacial score (nSPS) is 10.3. The van der Waals surface area contributed by atoms with Gasteiger partial charge in [-0.25, -0.2) is 0 Å². The molecule has 1 N–H and O–H groups in total. The molecule has 0 radical (unpaired) electrons. The van der Waals surface area contributed by atoms with Crippen LogP contribution in [-0.4, -0.2) is 33.5 Å². The first kappa shape index (κ1) is 16.5. The van der Waals surface area contributed by atoms with E-state index in [4.69, 9.17) is 14.2 Å². The fourth-order valence-electron chi connectivity index (χ4n) is 1.67. The lowest BCUT2D eigenvalue weighted by atomic mass is 10.2. The minimum atomic E-state index is 0.498. The van der Waals surface area contributed by atoms with Gasteiger partial charge in [-0.3, -0.25) is 0 Å². The molecule has 4 nitrogen and oxygen atoms in total. The highest BCUT2D eigenvalue weighted by Gasteiger charge is 2.06. The summed E-state index contributed by atoms with van der Waals surface area (Å²) >= 11 is 0. The van der Waals surface area contributed by atoms with Crippen molar-refractivity contribution in [1.82, 2.24) is 5.32 Å². The first-order chi connectivity index (χ1) is 9.67. The van der Waals surface area contributed by atoms with E-state index >= 15 is 0 Å². The van der Waals surface area contributed by atoms with E-state index in [1.165, 1.54) is 0 Å². The molecule has 0 heterocycles. The molecule has 0 unspecified atom stereocenters. The molecule has 0 aliphatic carbocycles. The highest BCUT2D eigenvalue weighted by atomic mass is 16.5. The lowest BCUT2D eigenvalue weighted by Gasteiger charge is -2.13. The number of ether oxygens (including phenoxy) is 3. The van der Waals surface area contributed by atoms with E-state index in [1.54, 1.807) is 7.11 Å². The predicted molar refractivity (Wildman–Crippen MR) is 81.5 cm³/mol. The van der Waals surface area contributed by atoms with Gasteiger partial charge in [0.15, 0.2) is 11.5 Å². The predicted octanol–water partition coefficient (Wildman–Crippen LogP) is 2.78. The van der Waals surface area contributed by atoms with Crippen LogP contribution in [0.1, 0.15) is 19.4 Å². The van der Waals surface area contributed by atoms with Crippen molar-refractivity contribution < 1.29 is 14.2 Å². The zero-order valence-electron chi connectivity index (χ0n) is 12.7. The topological polar surface area (TPSA) is 39.7 Å². The van der Waals surface area contributed by atoms with Crippen molar-refractivity contribution in [3.63, 3.8) is 0 Å². The number of methoxy groups -OCH3 is 1. The van der Waals surface area contributed by atoms with Crippen LogP contribution in [0.3, 0.4) is 0 Å². The third kappa shape index (κ3) is 6.08. The standard InChI is InChI=1S/C16H25NO3/c1-5-19-9-8-17-11-14-6-7-15(18-4)16(10-14)20-12-13(2)3/h6-7,10,17H,2,5,8-9,11-12H2,1,3-4H3. The van der Waals surface area contributed by atoms with Crippen LogP contribution in [-0.2, 0) is 11.3 Å². The Morgan fingerprint density at radius 3 is 2.75 bits per heavy atom. The lowest BCUT2D eigenvalue weighted by Crippen LogP contribution is -2.19. The largest absolute Gasteiger partial charge is 0.493 e. The molecular formula is C16H25NO3. The second-order valence-corrected chi connectivity index (χ2v) is 4.60. The minimum Gasteiger partial charge on any atom is -0.493 e. The van der Waals surface area contributed by atoms with Gasteiger partial charge >= 0.3 is 0 Å². The summed E-state index contributed by atoms with van der Waals surface area (Å²) in [6.45, 7) is 11.4. The third-order valence-electron chi connectivity index (χ3n) is 2.66. The number of rotatable bonds is 10. The summed E-state index contributed by atoms with van der Waals surface area (Å²) in [6, 6.07) is 5.95. The van der Waals surface area contributed by atoms with E-state index in [2.05, 4.69) is 11.9 Å². The maximum absolute atomic E-state index is 5.70. The minimum absolute atomic E-state index is 0.498. The van der Waals surface area contributed by atoms with E-state index in [9.17, 15) is 0 Å². The monoisotopic (exact) mass is 279 g/mol. The summed E-state index contributed by atoms with van der Waals surface area (Å²) < 4.78 is 16.3. The average Bonchev–Trinajstić information content (AvgIpc) is 2.45. The van der Waals surface area contributed by atoms with Gasteiger partial charge in [0.25, 0.3) is 0 Å². The van der Waals surface area contributed by atoms with Gasteiger partial charge in [0.1, 0.15) is 6.61 Å². The van der Waals surface area contributed by atoms with E-state index < -0.39 is 0 Å². The van der Waals surface area contributed by atoms with Crippen molar-refractivity contribution in [2.24, 2.45) is 0 Å². The van der Waals surface area contributed by atoms with E-state index in [0.29, 0.717) is 6.61 Å². The molecule has 1 rings (SSSR count). The Bertz CT molecular complexity index is 418. The number of hydrogen-bond donors (Lipinski definition) is 1. The molecule has 0 bridgehead atoms. The van der Waals surface area contributed by atoms with Crippen molar-refractivity contribution in [3.8, 4) is 11.5 Å². The summed E-state index contributed by atoms with van der Waals surface area (Å²) in [7, 11) is 1.64. The maximum atomic E-state index is 5.70. The third-order valence-corrected chi connectivity index (χ3v) is 2.66. The Balaban J connectivity index is 2.54. The highest BCUT2D eigenvalue weighted by Crippen LogP contribution is 2.28. The van der Waals surface area contributed by atoms with E-state index in [0.717, 1.165) is 48.9 Å². The van der Waals surface area contributed by atoms with Crippen molar-refractivity contribution in [3.05, 3.63) is 35.9 Å². The van der Waals surface area contributed by atoms with Crippen LogP contribution in [0.4, 0.5) is 0 Å². The fraction of sp³-hybridized carbons (Fsp3) is 0.500. The van der Waals surface area contributed by atoms with Crippen LogP contribution in [0.5, 0.6) is 11.5 Å². The molecule has 20 heavy (non-hydrogen) atoms. The number of nitrogens with one attached hydrogen (secondary N) is 1. The average molecular weight is 279 g/mol. The summed E-state index contributed by atoms with van der Waals surface area (Å²) in [4.78, 5) is 0. The first-order valence-electron chi connectivity index (χ1n) is 6.90. The van der Waals surface area contributed by atoms with Crippen LogP contribution in [0.25, 0.3) is 0 Å². The van der Waals surface area contributed by atoms with Crippen LogP contribution in [0.15, 0.2) is 30.4 Å². The smallest absolute Gasteiger partial charge is 0.161 e. The number of benzene rings is 1. The maximum Gasteiger partial charge on any atom is 0.161 e. The molecule has 0 aromatic heterocycles. The first-order valence-corrected chi connectivity index (χ1v) is 6.90. The van der Waals surface area contributed by atoms with Gasteiger partial charge in [-0.05, 0) is 37.1 Å². The van der Waals surface area contributed by atoms with Crippen molar-refractivity contribution >= 4 is 0 Å². The molecule has 1 aromatic carbocycles. The molecule has 1 aromatic rings. The van der Waals surface area contributed by atoms with Crippen LogP contribution in [0.2, 0.25) is 0 Å². The van der Waals surface area contributed by atoms with Crippen LogP contribution in [0, 0.1) is 0 Å². The zero-order chi connectivity index (χ0) is 14.8. The highest BCUT2D eigenvalue weighted by molar-refractivity contribution is 5.43. The zero-order valence-corrected chi connectivity index (χ0v) is 12.7. The summed E-state index contributed by atoms with van der Waals surface area (Å²) in [5.74, 6) is 1.49. The van der Waals surface area contributed by atoms with E-state index in [-0.39, 0.29) is 0 Å². The van der Waals surface area contributed by atoms with Crippen molar-refractivity contribution in [2.45, 2.75) is 20.4 Å². The molecule has 0 saturated carbocycles. The van der Waals surface area contributed by atoms with E-state index in [1.807, 2.05) is 32.0 Å². The Morgan fingerprint density at radius 1 is 1.30 bits per heavy atom. The van der Waals surface area contributed by atoms with Gasteiger partial charge in [-0.1, -0.05) is 12.6 Å². The van der Waals surface area contributed by atoms with Crippen LogP contribution < -0.4 is 14.8 Å². The quantitative estimate of drug-likeness (QED) is 0.528. The Hall–Kier alpha value is -1.52. The van der Waals surface area contributed by atoms with Gasteiger partial charge in [-0.2, -0.15) is 0 Å². The molecule has 0 fully saturated rings. The van der Waals surface area contributed by atoms with Gasteiger partial charge in [-0.15, -0.1) is 0 Å². The fourth-order valence-corrected chi connectivity index (χ4v) is 1.67. The molecule has 4 heteroatoms. The van der Waals surface area contributed by atoms with Gasteiger partial charge in [0, 0.05) is 19.7 Å². The molecule has 112 valence electrons. The SMILES string of the molecule is C=C(C)COc1cc(CNCCOCC)ccc1OC. The van der Waals surface area contributed by atoms with Gasteiger partial charge in [0.05, 0.1) is 13.7 Å². The molecule has 0 atom stereocenters. The summed E-state index contributed by atoms with van der Waals surface area (Å²) in [6.07, 6.45) is 0. The van der Waals surface area contributed by atoms with Crippen LogP contribution >= 0.6 is 0 Å². The summed E-state index contributed by atoms with van der Waals surface area (Å²) in [5, 5.41) is 3.33. The lowest BCUT2D eigenvalue weighted by molar-refractivity contribution is 0.149. The van der Waals surface area contributed by atoms with Gasteiger partial charge < -0.3 is 19.5 Å². The van der Waals surface area contributed by atoms with Gasteiger partial charge in [0.2, 0.25) is 0 Å². The van der Waals surface area contributed by atoms with Crippen molar-refractivity contribution in [1.29, 1.82) is 0 Å². The molecule has 0 saturated heterocycles. The second kappa shape index (κ2) is 9.39. The Kier molecular flexibility index (Phi) is 7.77. The van der Waals surface area contributed by atoms with Crippen molar-refractivity contribution in [2.75, 3.05) is 33.5 Å². The molecule has 0 aliphatic heterocycles. The Labute approximate surface area is 121 Å². The molecule has 0 spiro atoms. The molecule has 0 aliphatic rings. The Morgan fingerprint density at radius 2 is 2.10 bits per heavy atom. The number of hydrogen-bond acceptors (Lipinski definition) is 4.